The number of anilines is 1. The molecule has 1 saturated heterocycles. The van der Waals surface area contributed by atoms with E-state index in [2.05, 4.69) is 31.9 Å². The molecule has 6 rings (SSSR count). The second-order valence-corrected chi connectivity index (χ2v) is 12.1. The zero-order chi connectivity index (χ0) is 29.8. The predicted molar refractivity (Wildman–Crippen MR) is 168 cm³/mol. The van der Waals surface area contributed by atoms with Gasteiger partial charge in [0.1, 0.15) is 18.3 Å². The molecule has 4 unspecified atom stereocenters. The average molecular weight is 707 g/mol. The van der Waals surface area contributed by atoms with Gasteiger partial charge in [-0.2, -0.15) is 0 Å². The highest BCUT2D eigenvalue weighted by molar-refractivity contribution is 9.11. The fourth-order valence-corrected chi connectivity index (χ4v) is 6.77. The number of hydrogen-bond acceptors (Lipinski definition) is 6. The van der Waals surface area contributed by atoms with E-state index in [0.29, 0.717) is 33.4 Å². The fourth-order valence-electron chi connectivity index (χ4n) is 5.38. The van der Waals surface area contributed by atoms with Crippen molar-refractivity contribution in [3.05, 3.63) is 134 Å². The molecule has 0 bridgehead atoms. The van der Waals surface area contributed by atoms with Gasteiger partial charge < -0.3 is 18.9 Å². The Bertz CT molecular complexity index is 1570. The molecule has 220 valence electrons. The van der Waals surface area contributed by atoms with Crippen LogP contribution in [-0.2, 0) is 43.6 Å². The summed E-state index contributed by atoms with van der Waals surface area (Å²) in [5, 5.41) is 0. The number of ketones is 1. The van der Waals surface area contributed by atoms with Crippen molar-refractivity contribution in [3.63, 3.8) is 0 Å². The lowest BCUT2D eigenvalue weighted by atomic mass is 10.1. The SMILES string of the molecule is O=C1C(=O)N(C2OC(COCc3ccccc3)C(OCc3ccccc3)C2OCc2ccccc2)c2cc(Br)cc(Br)c21. The minimum absolute atomic E-state index is 0.195. The molecule has 2 aliphatic heterocycles. The molecular formula is C34H29Br2NO6. The summed E-state index contributed by atoms with van der Waals surface area (Å²) < 4.78 is 27.0. The van der Waals surface area contributed by atoms with Gasteiger partial charge in [-0.3, -0.25) is 14.5 Å². The number of ether oxygens (including phenoxy) is 4. The van der Waals surface area contributed by atoms with Crippen molar-refractivity contribution in [1.29, 1.82) is 0 Å². The van der Waals surface area contributed by atoms with Crippen molar-refractivity contribution in [2.45, 2.75) is 44.4 Å². The summed E-state index contributed by atoms with van der Waals surface area (Å²) in [6.45, 7) is 1.15. The summed E-state index contributed by atoms with van der Waals surface area (Å²) in [6, 6.07) is 33.0. The van der Waals surface area contributed by atoms with Crippen LogP contribution >= 0.6 is 31.9 Å². The largest absolute Gasteiger partial charge is 0.374 e. The van der Waals surface area contributed by atoms with Crippen LogP contribution < -0.4 is 4.90 Å². The smallest absolute Gasteiger partial charge is 0.301 e. The number of Topliss-reactive ketones (excluding diaryl/α,β-unsaturated/α-hetero) is 1. The quantitative estimate of drug-likeness (QED) is 0.159. The van der Waals surface area contributed by atoms with E-state index < -0.39 is 36.2 Å². The van der Waals surface area contributed by atoms with Crippen LogP contribution in [0.5, 0.6) is 0 Å². The third-order valence-electron chi connectivity index (χ3n) is 7.44. The third kappa shape index (κ3) is 6.67. The Hall–Kier alpha value is -3.18. The Morgan fingerprint density at radius 3 is 1.81 bits per heavy atom. The van der Waals surface area contributed by atoms with E-state index in [1.165, 1.54) is 4.90 Å². The molecule has 0 N–H and O–H groups in total. The first-order valence-corrected chi connectivity index (χ1v) is 15.5. The van der Waals surface area contributed by atoms with Crippen molar-refractivity contribution in [1.82, 2.24) is 0 Å². The van der Waals surface area contributed by atoms with Crippen LogP contribution in [0, 0.1) is 0 Å². The van der Waals surface area contributed by atoms with Crippen LogP contribution in [0.15, 0.2) is 112 Å². The highest BCUT2D eigenvalue weighted by Gasteiger charge is 2.54. The van der Waals surface area contributed by atoms with E-state index >= 15 is 0 Å². The summed E-state index contributed by atoms with van der Waals surface area (Å²) in [6.07, 6.45) is -2.85. The molecule has 7 nitrogen and oxygen atoms in total. The monoisotopic (exact) mass is 705 g/mol. The lowest BCUT2D eigenvalue weighted by Gasteiger charge is -2.30. The van der Waals surface area contributed by atoms with Crippen LogP contribution in [0.2, 0.25) is 0 Å². The number of benzene rings is 4. The Morgan fingerprint density at radius 2 is 1.23 bits per heavy atom. The van der Waals surface area contributed by atoms with E-state index in [0.717, 1.165) is 16.7 Å². The fraction of sp³-hybridized carbons (Fsp3) is 0.235. The second kappa shape index (κ2) is 13.6. The van der Waals surface area contributed by atoms with E-state index in [1.54, 1.807) is 12.1 Å². The van der Waals surface area contributed by atoms with E-state index in [1.807, 2.05) is 91.0 Å². The van der Waals surface area contributed by atoms with Gasteiger partial charge in [0, 0.05) is 8.95 Å². The molecule has 4 aromatic rings. The summed E-state index contributed by atoms with van der Waals surface area (Å²) >= 11 is 6.97. The molecule has 2 aliphatic rings. The molecule has 4 atom stereocenters. The van der Waals surface area contributed by atoms with Gasteiger partial charge in [-0.1, -0.05) is 107 Å². The van der Waals surface area contributed by atoms with Crippen molar-refractivity contribution >= 4 is 49.2 Å². The van der Waals surface area contributed by atoms with Crippen LogP contribution in [0.3, 0.4) is 0 Å². The molecule has 1 amide bonds. The van der Waals surface area contributed by atoms with Crippen molar-refractivity contribution < 1.29 is 28.5 Å². The van der Waals surface area contributed by atoms with Gasteiger partial charge in [-0.05, 0) is 44.8 Å². The van der Waals surface area contributed by atoms with Gasteiger partial charge >= 0.3 is 5.91 Å². The molecule has 0 aliphatic carbocycles. The third-order valence-corrected chi connectivity index (χ3v) is 8.52. The first-order valence-electron chi connectivity index (χ1n) is 13.9. The molecule has 0 radical (unpaired) electrons. The minimum Gasteiger partial charge on any atom is -0.374 e. The summed E-state index contributed by atoms with van der Waals surface area (Å²) in [5.41, 5.74) is 3.72. The molecule has 0 spiro atoms. The molecule has 9 heteroatoms. The predicted octanol–water partition coefficient (Wildman–Crippen LogP) is 6.85. The first-order chi connectivity index (χ1) is 21.0. The number of carbonyl (C=O) groups is 2. The molecule has 1 fully saturated rings. The van der Waals surface area contributed by atoms with Gasteiger partial charge in [0.25, 0.3) is 5.78 Å². The maximum Gasteiger partial charge on any atom is 0.301 e. The number of nitrogens with zero attached hydrogens (tertiary/aromatic N) is 1. The molecule has 2 heterocycles. The Balaban J connectivity index is 1.33. The van der Waals surface area contributed by atoms with Crippen molar-refractivity contribution in [2.75, 3.05) is 11.5 Å². The highest BCUT2D eigenvalue weighted by atomic mass is 79.9. The molecule has 0 aromatic heterocycles. The summed E-state index contributed by atoms with van der Waals surface area (Å²) in [5.74, 6) is -1.29. The van der Waals surface area contributed by atoms with Crippen LogP contribution in [-0.4, -0.2) is 42.8 Å². The van der Waals surface area contributed by atoms with Crippen LogP contribution in [0.4, 0.5) is 5.69 Å². The minimum atomic E-state index is -0.936. The number of carbonyl (C=O) groups excluding carboxylic acids is 2. The van der Waals surface area contributed by atoms with E-state index in [4.69, 9.17) is 18.9 Å². The van der Waals surface area contributed by atoms with Gasteiger partial charge in [0.05, 0.1) is 37.7 Å². The Kier molecular flexibility index (Phi) is 9.47. The lowest BCUT2D eigenvalue weighted by Crippen LogP contribution is -2.48. The first kappa shape index (κ1) is 29.9. The molecule has 4 aromatic carbocycles. The molecular weight excluding hydrogens is 678 g/mol. The maximum atomic E-state index is 13.6. The normalized spacial score (nSPS) is 21.4. The standard InChI is InChI=1S/C34H29Br2NO6/c35-25-16-26(36)29-27(17-25)37(33(39)30(29)38)34-32(42-20-24-14-8-3-9-15-24)31(41-19-23-12-6-2-7-13-23)28(43-34)21-40-18-22-10-4-1-5-11-22/h1-17,28,31-32,34H,18-21H2. The summed E-state index contributed by atoms with van der Waals surface area (Å²) in [7, 11) is 0. The van der Waals surface area contributed by atoms with Gasteiger partial charge in [0.2, 0.25) is 0 Å². The topological polar surface area (TPSA) is 74.3 Å². The second-order valence-electron chi connectivity index (χ2n) is 10.4. The van der Waals surface area contributed by atoms with Crippen LogP contribution in [0.1, 0.15) is 27.0 Å². The van der Waals surface area contributed by atoms with Crippen molar-refractivity contribution in [3.8, 4) is 0 Å². The number of hydrogen-bond donors (Lipinski definition) is 0. The Morgan fingerprint density at radius 1 is 0.698 bits per heavy atom. The average Bonchev–Trinajstić information content (AvgIpc) is 3.48. The van der Waals surface area contributed by atoms with Crippen LogP contribution in [0.25, 0.3) is 0 Å². The van der Waals surface area contributed by atoms with Gasteiger partial charge in [-0.25, -0.2) is 0 Å². The number of amides is 1. The Labute approximate surface area is 267 Å². The number of fused-ring (bicyclic) bond motifs is 1. The molecule has 0 saturated carbocycles. The maximum absolute atomic E-state index is 13.6. The van der Waals surface area contributed by atoms with Gasteiger partial charge in [-0.15, -0.1) is 0 Å². The molecule has 43 heavy (non-hydrogen) atoms. The number of halogens is 2. The summed E-state index contributed by atoms with van der Waals surface area (Å²) in [4.78, 5) is 28.2. The zero-order valence-corrected chi connectivity index (χ0v) is 26.3. The van der Waals surface area contributed by atoms with E-state index in [9.17, 15) is 9.59 Å². The van der Waals surface area contributed by atoms with E-state index in [-0.39, 0.29) is 13.2 Å². The zero-order valence-electron chi connectivity index (χ0n) is 23.1. The highest BCUT2D eigenvalue weighted by Crippen LogP contribution is 2.42. The van der Waals surface area contributed by atoms with Crippen molar-refractivity contribution in [2.24, 2.45) is 0 Å². The lowest BCUT2D eigenvalue weighted by molar-refractivity contribution is -0.119. The number of rotatable bonds is 11. The van der Waals surface area contributed by atoms with Gasteiger partial charge in [0.15, 0.2) is 6.23 Å².